The van der Waals surface area contributed by atoms with E-state index in [0.717, 1.165) is 10.0 Å². The van der Waals surface area contributed by atoms with E-state index in [1.54, 1.807) is 12.1 Å². The smallest absolute Gasteiger partial charge is 0.262 e. The lowest BCUT2D eigenvalue weighted by Crippen LogP contribution is -2.15. The summed E-state index contributed by atoms with van der Waals surface area (Å²) >= 11 is 3.33. The van der Waals surface area contributed by atoms with Crippen molar-refractivity contribution in [3.63, 3.8) is 0 Å². The molecule has 0 amide bonds. The lowest BCUT2D eigenvalue weighted by atomic mass is 10.2. The van der Waals surface area contributed by atoms with Crippen molar-refractivity contribution in [3.8, 4) is 0 Å². The number of halogens is 1. The fourth-order valence-electron chi connectivity index (χ4n) is 1.67. The molecule has 0 unspecified atom stereocenters. The Bertz CT molecular complexity index is 714. The number of pyridine rings is 1. The Morgan fingerprint density at radius 3 is 2.65 bits per heavy atom. The number of hydrazine groups is 1. The summed E-state index contributed by atoms with van der Waals surface area (Å²) in [6.45, 7) is 1.88. The number of benzene rings is 1. The van der Waals surface area contributed by atoms with E-state index in [4.69, 9.17) is 5.84 Å². The Hall–Kier alpha value is -1.64. The molecule has 0 aliphatic rings. The highest BCUT2D eigenvalue weighted by atomic mass is 79.9. The van der Waals surface area contributed by atoms with Crippen molar-refractivity contribution in [3.05, 3.63) is 46.6 Å². The van der Waals surface area contributed by atoms with Gasteiger partial charge in [-0.3, -0.25) is 4.72 Å². The monoisotopic (exact) mass is 356 g/mol. The number of hydrogen-bond donors (Lipinski definition) is 3. The van der Waals surface area contributed by atoms with Gasteiger partial charge in [-0.1, -0.05) is 15.9 Å². The largest absolute Gasteiger partial charge is 0.308 e. The maximum atomic E-state index is 12.3. The molecule has 2 aromatic rings. The second-order valence-electron chi connectivity index (χ2n) is 4.14. The van der Waals surface area contributed by atoms with Gasteiger partial charge in [0.15, 0.2) is 0 Å². The molecule has 0 atom stereocenters. The van der Waals surface area contributed by atoms with Gasteiger partial charge in [-0.15, -0.1) is 0 Å². The molecule has 2 rings (SSSR count). The zero-order valence-electron chi connectivity index (χ0n) is 10.6. The number of aromatic nitrogens is 1. The standard InChI is InChI=1S/C12H13BrN4O2S/c1-8-4-9(13)6-10(5-8)17-20(18,19)11-2-3-15-12(7-11)16-14/h2-7,17H,14H2,1H3,(H,15,16). The summed E-state index contributed by atoms with van der Waals surface area (Å²) in [5, 5.41) is 0. The van der Waals surface area contributed by atoms with Gasteiger partial charge in [0.1, 0.15) is 5.82 Å². The summed E-state index contributed by atoms with van der Waals surface area (Å²) in [6, 6.07) is 8.07. The van der Waals surface area contributed by atoms with Crippen LogP contribution < -0.4 is 16.0 Å². The van der Waals surface area contributed by atoms with Crippen LogP contribution in [-0.2, 0) is 10.0 Å². The van der Waals surface area contributed by atoms with Gasteiger partial charge in [-0.2, -0.15) is 0 Å². The van der Waals surface area contributed by atoms with Gasteiger partial charge >= 0.3 is 0 Å². The van der Waals surface area contributed by atoms with Crippen LogP contribution in [0.25, 0.3) is 0 Å². The van der Waals surface area contributed by atoms with E-state index in [0.29, 0.717) is 5.69 Å². The minimum atomic E-state index is -3.69. The molecule has 6 nitrogen and oxygen atoms in total. The van der Waals surface area contributed by atoms with Crippen molar-refractivity contribution in [1.82, 2.24) is 4.98 Å². The third-order valence-corrected chi connectivity index (χ3v) is 4.32. The highest BCUT2D eigenvalue weighted by Gasteiger charge is 2.15. The van der Waals surface area contributed by atoms with Crippen LogP contribution in [0, 0.1) is 6.92 Å². The molecule has 0 radical (unpaired) electrons. The van der Waals surface area contributed by atoms with Crippen molar-refractivity contribution in [2.24, 2.45) is 5.84 Å². The molecule has 0 aliphatic carbocycles. The molecule has 0 aliphatic heterocycles. The molecule has 0 saturated heterocycles. The zero-order valence-corrected chi connectivity index (χ0v) is 13.0. The number of rotatable bonds is 4. The summed E-state index contributed by atoms with van der Waals surface area (Å²) in [5.41, 5.74) is 3.73. The van der Waals surface area contributed by atoms with Gasteiger partial charge in [0.25, 0.3) is 10.0 Å². The van der Waals surface area contributed by atoms with Crippen molar-refractivity contribution in [1.29, 1.82) is 0 Å². The van der Waals surface area contributed by atoms with Crippen molar-refractivity contribution in [2.75, 3.05) is 10.1 Å². The van der Waals surface area contributed by atoms with Crippen LogP contribution in [0.15, 0.2) is 45.9 Å². The number of aryl methyl sites for hydroxylation is 1. The van der Waals surface area contributed by atoms with E-state index >= 15 is 0 Å². The van der Waals surface area contributed by atoms with E-state index in [1.165, 1.54) is 18.3 Å². The first-order valence-corrected chi connectivity index (χ1v) is 7.91. The molecule has 20 heavy (non-hydrogen) atoms. The van der Waals surface area contributed by atoms with Crippen LogP contribution in [0.5, 0.6) is 0 Å². The number of nitrogens with two attached hydrogens (primary N) is 1. The number of nitrogens with zero attached hydrogens (tertiary/aromatic N) is 1. The third kappa shape index (κ3) is 3.47. The minimum absolute atomic E-state index is 0.0816. The molecule has 8 heteroatoms. The molecule has 1 aromatic carbocycles. The Balaban J connectivity index is 2.35. The maximum Gasteiger partial charge on any atom is 0.262 e. The SMILES string of the molecule is Cc1cc(Br)cc(NS(=O)(=O)c2ccnc(NN)c2)c1. The number of nitrogen functional groups attached to an aromatic ring is 1. The molecule has 0 spiro atoms. The van der Waals surface area contributed by atoms with Crippen LogP contribution in [0.3, 0.4) is 0 Å². The molecule has 0 fully saturated rings. The second-order valence-corrected chi connectivity index (χ2v) is 6.74. The van der Waals surface area contributed by atoms with Gasteiger partial charge < -0.3 is 5.43 Å². The molecular formula is C12H13BrN4O2S. The quantitative estimate of drug-likeness (QED) is 0.576. The van der Waals surface area contributed by atoms with Crippen molar-refractivity contribution < 1.29 is 8.42 Å². The summed E-state index contributed by atoms with van der Waals surface area (Å²) in [4.78, 5) is 3.95. The predicted octanol–water partition coefficient (Wildman–Crippen LogP) is 2.24. The normalized spacial score (nSPS) is 11.2. The summed E-state index contributed by atoms with van der Waals surface area (Å²) < 4.78 is 27.9. The lowest BCUT2D eigenvalue weighted by molar-refractivity contribution is 0.601. The van der Waals surface area contributed by atoms with Crippen LogP contribution in [0.4, 0.5) is 11.5 Å². The summed E-state index contributed by atoms with van der Waals surface area (Å²) in [7, 11) is -3.69. The fourth-order valence-corrected chi connectivity index (χ4v) is 3.33. The summed E-state index contributed by atoms with van der Waals surface area (Å²) in [5.74, 6) is 5.50. The molecule has 106 valence electrons. The Labute approximate surface area is 125 Å². The fraction of sp³-hybridized carbons (Fsp3) is 0.0833. The van der Waals surface area contributed by atoms with E-state index < -0.39 is 10.0 Å². The average molecular weight is 357 g/mol. The van der Waals surface area contributed by atoms with E-state index in [-0.39, 0.29) is 10.7 Å². The Morgan fingerprint density at radius 2 is 2.00 bits per heavy atom. The van der Waals surface area contributed by atoms with Gasteiger partial charge in [0, 0.05) is 16.7 Å². The summed E-state index contributed by atoms with van der Waals surface area (Å²) in [6.07, 6.45) is 1.37. The number of hydrogen-bond acceptors (Lipinski definition) is 5. The maximum absolute atomic E-state index is 12.3. The van der Waals surface area contributed by atoms with E-state index in [9.17, 15) is 8.42 Å². The van der Waals surface area contributed by atoms with Gasteiger partial charge in [0.2, 0.25) is 0 Å². The number of sulfonamides is 1. The predicted molar refractivity (Wildman–Crippen MR) is 81.7 cm³/mol. The van der Waals surface area contributed by atoms with E-state index in [1.807, 2.05) is 13.0 Å². The number of anilines is 2. The highest BCUT2D eigenvalue weighted by Crippen LogP contribution is 2.22. The highest BCUT2D eigenvalue weighted by molar-refractivity contribution is 9.10. The molecule has 0 bridgehead atoms. The van der Waals surface area contributed by atoms with Crippen LogP contribution in [0.1, 0.15) is 5.56 Å². The first-order valence-electron chi connectivity index (χ1n) is 5.63. The molecule has 4 N–H and O–H groups in total. The van der Waals surface area contributed by atoms with Crippen LogP contribution in [0.2, 0.25) is 0 Å². The lowest BCUT2D eigenvalue weighted by Gasteiger charge is -2.10. The first-order chi connectivity index (χ1) is 9.40. The minimum Gasteiger partial charge on any atom is -0.308 e. The van der Waals surface area contributed by atoms with Gasteiger partial charge in [-0.25, -0.2) is 19.2 Å². The van der Waals surface area contributed by atoms with Crippen molar-refractivity contribution >= 4 is 37.5 Å². The Morgan fingerprint density at radius 1 is 1.25 bits per heavy atom. The van der Waals surface area contributed by atoms with E-state index in [2.05, 4.69) is 31.1 Å². The van der Waals surface area contributed by atoms with Crippen LogP contribution >= 0.6 is 15.9 Å². The molecule has 1 aromatic heterocycles. The first kappa shape index (κ1) is 14.8. The average Bonchev–Trinajstić information content (AvgIpc) is 2.37. The molecule has 1 heterocycles. The topological polar surface area (TPSA) is 97.1 Å². The number of nitrogens with one attached hydrogen (secondary N) is 2. The van der Waals surface area contributed by atoms with Crippen LogP contribution in [-0.4, -0.2) is 13.4 Å². The molecular weight excluding hydrogens is 344 g/mol. The van der Waals surface area contributed by atoms with Gasteiger partial charge in [0.05, 0.1) is 10.6 Å². The zero-order chi connectivity index (χ0) is 14.8. The van der Waals surface area contributed by atoms with Gasteiger partial charge in [-0.05, 0) is 36.8 Å². The van der Waals surface area contributed by atoms with Crippen molar-refractivity contribution in [2.45, 2.75) is 11.8 Å². The Kier molecular flexibility index (Phi) is 4.26. The third-order valence-electron chi connectivity index (χ3n) is 2.48. The molecule has 0 saturated carbocycles. The second kappa shape index (κ2) is 5.78.